The van der Waals surface area contributed by atoms with Crippen LogP contribution in [-0.2, 0) is 6.42 Å². The van der Waals surface area contributed by atoms with Gasteiger partial charge in [-0.05, 0) is 31.4 Å². The Labute approximate surface area is 105 Å². The number of hydrogen-bond donors (Lipinski definition) is 1. The molecular weight excluding hydrogens is 230 g/mol. The maximum absolute atomic E-state index is 9.66. The Kier molecular flexibility index (Phi) is 2.53. The van der Waals surface area contributed by atoms with Crippen LogP contribution in [0.15, 0.2) is 24.3 Å². The number of aromatic nitrogens is 1. The van der Waals surface area contributed by atoms with Crippen molar-refractivity contribution in [3.8, 4) is 0 Å². The molecule has 1 aliphatic rings. The zero-order valence-corrected chi connectivity index (χ0v) is 10.8. The molecule has 0 radical (unpaired) electrons. The lowest BCUT2D eigenvalue weighted by molar-refractivity contribution is 0.202. The van der Waals surface area contributed by atoms with E-state index in [-0.39, 0.29) is 0 Å². The minimum absolute atomic E-state index is 0.406. The van der Waals surface area contributed by atoms with Crippen molar-refractivity contribution in [2.45, 2.75) is 32.3 Å². The van der Waals surface area contributed by atoms with Gasteiger partial charge >= 0.3 is 0 Å². The Bertz CT molecular complexity index is 559. The van der Waals surface area contributed by atoms with E-state index in [4.69, 9.17) is 0 Å². The Morgan fingerprint density at radius 1 is 1.41 bits per heavy atom. The molecule has 2 atom stereocenters. The lowest BCUT2D eigenvalue weighted by Gasteiger charge is -2.28. The largest absolute Gasteiger partial charge is 0.388 e. The molecule has 0 aliphatic heterocycles. The molecule has 0 amide bonds. The average molecular weight is 245 g/mol. The van der Waals surface area contributed by atoms with E-state index in [1.165, 1.54) is 11.1 Å². The molecule has 2 aromatic rings. The maximum Gasteiger partial charge on any atom is 0.101 e. The average Bonchev–Trinajstić information content (AvgIpc) is 2.62. The predicted octanol–water partition coefficient (Wildman–Crippen LogP) is 3.19. The van der Waals surface area contributed by atoms with Crippen LogP contribution in [0.1, 0.15) is 45.7 Å². The molecule has 1 aromatic heterocycles. The fraction of sp³-hybridized carbons (Fsp3) is 0.357. The Balaban J connectivity index is 1.95. The SMILES string of the molecule is Cc1nc(C2Cc3ccccc32)sc1C(C)O. The summed E-state index contributed by atoms with van der Waals surface area (Å²) in [6.07, 6.45) is 0.680. The van der Waals surface area contributed by atoms with Crippen molar-refractivity contribution >= 4 is 11.3 Å². The molecule has 3 rings (SSSR count). The number of hydrogen-bond acceptors (Lipinski definition) is 3. The standard InChI is InChI=1S/C14H15NOS/c1-8-13(9(2)16)17-14(15-8)12-7-10-5-3-4-6-11(10)12/h3-6,9,12,16H,7H2,1-2H3. The van der Waals surface area contributed by atoms with Crippen LogP contribution in [0.2, 0.25) is 0 Å². The highest BCUT2D eigenvalue weighted by Gasteiger charge is 2.30. The highest BCUT2D eigenvalue weighted by molar-refractivity contribution is 7.12. The van der Waals surface area contributed by atoms with Gasteiger partial charge in [-0.3, -0.25) is 0 Å². The van der Waals surface area contributed by atoms with Gasteiger partial charge < -0.3 is 5.11 Å². The summed E-state index contributed by atoms with van der Waals surface area (Å²) in [5.74, 6) is 0.447. The molecule has 0 spiro atoms. The molecule has 17 heavy (non-hydrogen) atoms. The summed E-state index contributed by atoms with van der Waals surface area (Å²) in [6, 6.07) is 8.54. The van der Waals surface area contributed by atoms with Crippen LogP contribution < -0.4 is 0 Å². The van der Waals surface area contributed by atoms with Gasteiger partial charge in [0.25, 0.3) is 0 Å². The molecule has 2 nitrogen and oxygen atoms in total. The molecule has 1 aromatic carbocycles. The molecule has 0 saturated carbocycles. The highest BCUT2D eigenvalue weighted by Crippen LogP contribution is 2.42. The normalized spacial score (nSPS) is 19.6. The first-order valence-electron chi connectivity index (χ1n) is 5.90. The van der Waals surface area contributed by atoms with Crippen molar-refractivity contribution in [2.24, 2.45) is 0 Å². The van der Waals surface area contributed by atoms with Gasteiger partial charge in [0.1, 0.15) is 5.01 Å². The summed E-state index contributed by atoms with van der Waals surface area (Å²) >= 11 is 1.65. The van der Waals surface area contributed by atoms with Gasteiger partial charge in [-0.2, -0.15) is 0 Å². The first-order valence-corrected chi connectivity index (χ1v) is 6.71. The summed E-state index contributed by atoms with van der Waals surface area (Å²) in [5.41, 5.74) is 3.81. The monoisotopic (exact) mass is 245 g/mol. The van der Waals surface area contributed by atoms with Crippen molar-refractivity contribution < 1.29 is 5.11 Å². The summed E-state index contributed by atoms with van der Waals surface area (Å²) < 4.78 is 0. The minimum Gasteiger partial charge on any atom is -0.388 e. The van der Waals surface area contributed by atoms with Gasteiger partial charge in [0.2, 0.25) is 0 Å². The zero-order chi connectivity index (χ0) is 12.0. The van der Waals surface area contributed by atoms with Gasteiger partial charge in [-0.1, -0.05) is 24.3 Å². The van der Waals surface area contributed by atoms with Crippen LogP contribution in [0, 0.1) is 6.92 Å². The van der Waals surface area contributed by atoms with Gasteiger partial charge in [-0.25, -0.2) is 4.98 Å². The molecule has 0 saturated heterocycles. The Morgan fingerprint density at radius 2 is 2.18 bits per heavy atom. The molecule has 1 heterocycles. The summed E-state index contributed by atoms with van der Waals surface area (Å²) in [4.78, 5) is 5.62. The molecule has 0 fully saturated rings. The van der Waals surface area contributed by atoms with Crippen molar-refractivity contribution in [3.63, 3.8) is 0 Å². The third-order valence-electron chi connectivity index (χ3n) is 3.38. The summed E-state index contributed by atoms with van der Waals surface area (Å²) in [6.45, 7) is 3.78. The summed E-state index contributed by atoms with van der Waals surface area (Å²) in [5, 5.41) is 10.8. The zero-order valence-electron chi connectivity index (χ0n) is 9.97. The second kappa shape index (κ2) is 3.93. The quantitative estimate of drug-likeness (QED) is 0.881. The molecular formula is C14H15NOS. The van der Waals surface area contributed by atoms with E-state index >= 15 is 0 Å². The first kappa shape index (κ1) is 10.9. The fourth-order valence-corrected chi connectivity index (χ4v) is 3.57. The van der Waals surface area contributed by atoms with Crippen LogP contribution in [0.25, 0.3) is 0 Å². The highest BCUT2D eigenvalue weighted by atomic mass is 32.1. The minimum atomic E-state index is -0.406. The molecule has 1 aliphatic carbocycles. The number of aliphatic hydroxyl groups excluding tert-OH is 1. The number of aryl methyl sites for hydroxylation is 1. The first-order chi connectivity index (χ1) is 8.16. The number of benzene rings is 1. The molecule has 3 heteroatoms. The third kappa shape index (κ3) is 1.70. The number of aliphatic hydroxyl groups is 1. The summed E-state index contributed by atoms with van der Waals surface area (Å²) in [7, 11) is 0. The number of nitrogens with zero attached hydrogens (tertiary/aromatic N) is 1. The third-order valence-corrected chi connectivity index (χ3v) is 4.82. The van der Waals surface area contributed by atoms with Gasteiger partial charge in [0.05, 0.1) is 16.7 Å². The lowest BCUT2D eigenvalue weighted by atomic mass is 9.78. The van der Waals surface area contributed by atoms with Gasteiger partial charge in [0, 0.05) is 5.92 Å². The number of thiazole rings is 1. The van der Waals surface area contributed by atoms with Crippen LogP contribution in [0.5, 0.6) is 0 Å². The predicted molar refractivity (Wildman–Crippen MR) is 69.5 cm³/mol. The molecule has 88 valence electrons. The van der Waals surface area contributed by atoms with Crippen LogP contribution in [-0.4, -0.2) is 10.1 Å². The van der Waals surface area contributed by atoms with E-state index in [1.54, 1.807) is 18.3 Å². The smallest absolute Gasteiger partial charge is 0.101 e. The Hall–Kier alpha value is -1.19. The van der Waals surface area contributed by atoms with Crippen molar-refractivity contribution in [1.82, 2.24) is 4.98 Å². The van der Waals surface area contributed by atoms with Crippen molar-refractivity contribution in [2.75, 3.05) is 0 Å². The van der Waals surface area contributed by atoms with Crippen molar-refractivity contribution in [1.29, 1.82) is 0 Å². The fourth-order valence-electron chi connectivity index (χ4n) is 2.45. The molecule has 1 N–H and O–H groups in total. The maximum atomic E-state index is 9.66. The van der Waals surface area contributed by atoms with E-state index in [0.29, 0.717) is 5.92 Å². The topological polar surface area (TPSA) is 33.1 Å². The number of fused-ring (bicyclic) bond motifs is 1. The molecule has 2 unspecified atom stereocenters. The van der Waals surface area contributed by atoms with E-state index in [0.717, 1.165) is 22.0 Å². The number of rotatable bonds is 2. The molecule has 0 bridgehead atoms. The Morgan fingerprint density at radius 3 is 2.82 bits per heavy atom. The second-order valence-electron chi connectivity index (χ2n) is 4.63. The van der Waals surface area contributed by atoms with Crippen LogP contribution in [0.4, 0.5) is 0 Å². The van der Waals surface area contributed by atoms with E-state index in [1.807, 2.05) is 6.92 Å². The van der Waals surface area contributed by atoms with Gasteiger partial charge in [0.15, 0.2) is 0 Å². The van der Waals surface area contributed by atoms with E-state index < -0.39 is 6.10 Å². The second-order valence-corrected chi connectivity index (χ2v) is 5.70. The van der Waals surface area contributed by atoms with Gasteiger partial charge in [-0.15, -0.1) is 11.3 Å². The van der Waals surface area contributed by atoms with Crippen molar-refractivity contribution in [3.05, 3.63) is 51.0 Å². The van der Waals surface area contributed by atoms with Crippen LogP contribution >= 0.6 is 11.3 Å². The van der Waals surface area contributed by atoms with Crippen LogP contribution in [0.3, 0.4) is 0 Å². The van der Waals surface area contributed by atoms with E-state index in [9.17, 15) is 5.11 Å². The lowest BCUT2D eigenvalue weighted by Crippen LogP contribution is -2.17. The van der Waals surface area contributed by atoms with E-state index in [2.05, 4.69) is 29.2 Å².